The molecule has 2 heterocycles. The van der Waals surface area contributed by atoms with Crippen molar-refractivity contribution in [1.82, 2.24) is 0 Å². The number of halogens is 3. The zero-order valence-electron chi connectivity index (χ0n) is 13.1. The van der Waals surface area contributed by atoms with Gasteiger partial charge in [0.2, 0.25) is 0 Å². The Hall–Kier alpha value is -0.690. The molecule has 0 aromatic heterocycles. The Kier molecular flexibility index (Phi) is 6.38. The van der Waals surface area contributed by atoms with Gasteiger partial charge in [-0.1, -0.05) is 6.58 Å². The van der Waals surface area contributed by atoms with Crippen molar-refractivity contribution < 1.29 is 27.8 Å². The first-order chi connectivity index (χ1) is 9.98. The van der Waals surface area contributed by atoms with Gasteiger partial charge < -0.3 is 9.84 Å². The van der Waals surface area contributed by atoms with Crippen LogP contribution in [-0.2, 0) is 9.53 Å². The summed E-state index contributed by atoms with van der Waals surface area (Å²) in [5, 5.41) is 10.3. The second-order valence-corrected chi connectivity index (χ2v) is 7.66. The molecule has 0 saturated carbocycles. The molecule has 1 N–H and O–H groups in total. The summed E-state index contributed by atoms with van der Waals surface area (Å²) in [5.41, 5.74) is -2.08. The van der Waals surface area contributed by atoms with E-state index >= 15 is 0 Å². The predicted octanol–water partition coefficient (Wildman–Crippen LogP) is 3.71. The molecule has 2 bridgehead atoms. The van der Waals surface area contributed by atoms with Crippen LogP contribution >= 0.6 is 11.8 Å². The molecule has 4 atom stereocenters. The van der Waals surface area contributed by atoms with Crippen molar-refractivity contribution in [1.29, 1.82) is 0 Å². The van der Waals surface area contributed by atoms with Gasteiger partial charge in [0.15, 0.2) is 5.60 Å². The SMILES string of the molecule is C=C(C)C(=O)OC.CC(O)(CC1CC2CCC1S2)C(F)(F)F. The lowest BCUT2D eigenvalue weighted by atomic mass is 9.81. The van der Waals surface area contributed by atoms with E-state index in [0.29, 0.717) is 16.1 Å². The van der Waals surface area contributed by atoms with Crippen molar-refractivity contribution in [2.75, 3.05) is 7.11 Å². The number of thioether (sulfide) groups is 1. The van der Waals surface area contributed by atoms with Gasteiger partial charge in [-0.15, -0.1) is 0 Å². The van der Waals surface area contributed by atoms with E-state index in [1.807, 2.05) is 11.8 Å². The molecule has 0 radical (unpaired) electrons. The summed E-state index contributed by atoms with van der Waals surface area (Å²) in [6.07, 6.45) is -1.63. The van der Waals surface area contributed by atoms with Gasteiger partial charge in [-0.25, -0.2) is 4.79 Å². The lowest BCUT2D eigenvalue weighted by molar-refractivity contribution is -0.258. The Balaban J connectivity index is 0.000000295. The quantitative estimate of drug-likeness (QED) is 0.628. The van der Waals surface area contributed by atoms with Gasteiger partial charge in [0.05, 0.1) is 7.11 Å². The summed E-state index contributed by atoms with van der Waals surface area (Å²) in [6, 6.07) is 0. The molecular weight excluding hydrogens is 317 g/mol. The van der Waals surface area contributed by atoms with Crippen LogP contribution in [-0.4, -0.2) is 40.5 Å². The summed E-state index contributed by atoms with van der Waals surface area (Å²) in [5.74, 6) is -0.301. The molecule has 3 nitrogen and oxygen atoms in total. The third-order valence-corrected chi connectivity index (χ3v) is 5.82. The van der Waals surface area contributed by atoms with Gasteiger partial charge in [-0.3, -0.25) is 0 Å². The molecule has 0 aromatic rings. The number of aliphatic hydroxyl groups is 1. The lowest BCUT2D eigenvalue weighted by Crippen LogP contribution is -2.44. The topological polar surface area (TPSA) is 46.5 Å². The minimum atomic E-state index is -4.50. The summed E-state index contributed by atoms with van der Waals surface area (Å²) >= 11 is 1.81. The molecule has 128 valence electrons. The number of ether oxygens (including phenoxy) is 1. The largest absolute Gasteiger partial charge is 0.466 e. The van der Waals surface area contributed by atoms with E-state index in [0.717, 1.165) is 26.2 Å². The van der Waals surface area contributed by atoms with Crippen LogP contribution in [0.15, 0.2) is 12.2 Å². The molecule has 4 unspecified atom stereocenters. The van der Waals surface area contributed by atoms with E-state index in [-0.39, 0.29) is 18.3 Å². The average Bonchev–Trinajstić information content (AvgIpc) is 2.98. The van der Waals surface area contributed by atoms with Crippen molar-refractivity contribution in [3.63, 3.8) is 0 Å². The Morgan fingerprint density at radius 1 is 1.41 bits per heavy atom. The van der Waals surface area contributed by atoms with Crippen LogP contribution in [0.3, 0.4) is 0 Å². The molecule has 0 aliphatic carbocycles. The predicted molar refractivity (Wildman–Crippen MR) is 80.6 cm³/mol. The molecule has 2 rings (SSSR count). The smallest absolute Gasteiger partial charge is 0.416 e. The van der Waals surface area contributed by atoms with E-state index in [1.165, 1.54) is 7.11 Å². The number of methoxy groups -OCH3 is 1. The summed E-state index contributed by atoms with van der Waals surface area (Å²) in [7, 11) is 1.33. The van der Waals surface area contributed by atoms with E-state index in [9.17, 15) is 23.1 Å². The highest BCUT2D eigenvalue weighted by molar-refractivity contribution is 8.01. The fraction of sp³-hybridized carbons (Fsp3) is 0.800. The van der Waals surface area contributed by atoms with Crippen molar-refractivity contribution in [2.45, 2.75) is 61.8 Å². The van der Waals surface area contributed by atoms with E-state index in [1.54, 1.807) is 6.92 Å². The highest BCUT2D eigenvalue weighted by Gasteiger charge is 2.53. The number of hydrogen-bond donors (Lipinski definition) is 1. The molecule has 2 saturated heterocycles. The van der Waals surface area contributed by atoms with Crippen molar-refractivity contribution in [3.8, 4) is 0 Å². The first-order valence-corrected chi connectivity index (χ1v) is 8.10. The van der Waals surface area contributed by atoms with Crippen molar-refractivity contribution in [3.05, 3.63) is 12.2 Å². The number of alkyl halides is 3. The Labute approximate surface area is 133 Å². The maximum Gasteiger partial charge on any atom is 0.416 e. The molecule has 2 aliphatic heterocycles. The van der Waals surface area contributed by atoms with Crippen LogP contribution in [0.25, 0.3) is 0 Å². The zero-order valence-corrected chi connectivity index (χ0v) is 13.9. The molecule has 0 spiro atoms. The number of rotatable bonds is 3. The van der Waals surface area contributed by atoms with E-state index in [2.05, 4.69) is 11.3 Å². The third-order valence-electron chi connectivity index (χ3n) is 4.04. The Morgan fingerprint density at radius 2 is 2.00 bits per heavy atom. The first kappa shape index (κ1) is 19.4. The Bertz CT molecular complexity index is 421. The lowest BCUT2D eigenvalue weighted by Gasteiger charge is -2.31. The normalized spacial score (nSPS) is 29.3. The fourth-order valence-corrected chi connectivity index (χ4v) is 4.58. The monoisotopic (exact) mass is 340 g/mol. The van der Waals surface area contributed by atoms with Crippen LogP contribution in [0.2, 0.25) is 0 Å². The van der Waals surface area contributed by atoms with Gasteiger partial charge in [0.25, 0.3) is 0 Å². The highest BCUT2D eigenvalue weighted by atomic mass is 32.2. The molecule has 2 fully saturated rings. The first-order valence-electron chi connectivity index (χ1n) is 7.16. The number of esters is 1. The Morgan fingerprint density at radius 3 is 2.27 bits per heavy atom. The van der Waals surface area contributed by atoms with Gasteiger partial charge >= 0.3 is 12.1 Å². The molecule has 2 aliphatic rings. The van der Waals surface area contributed by atoms with Gasteiger partial charge in [0.1, 0.15) is 0 Å². The number of fused-ring (bicyclic) bond motifs is 2. The van der Waals surface area contributed by atoms with Crippen LogP contribution in [0.1, 0.15) is 39.5 Å². The zero-order chi connectivity index (χ0) is 17.1. The summed E-state index contributed by atoms with van der Waals surface area (Å²) in [6.45, 7) is 5.85. The van der Waals surface area contributed by atoms with Crippen LogP contribution in [0, 0.1) is 5.92 Å². The highest BCUT2D eigenvalue weighted by Crippen LogP contribution is 2.52. The van der Waals surface area contributed by atoms with Crippen molar-refractivity contribution in [2.24, 2.45) is 5.92 Å². The van der Waals surface area contributed by atoms with Gasteiger partial charge in [-0.05, 0) is 45.4 Å². The standard InChI is InChI=1S/C10H15F3OS.C5H8O2/c1-9(14,10(11,12)13)5-6-4-7-2-3-8(6)15-7;1-4(2)5(6)7-3/h6-8,14H,2-5H2,1H3;1H2,2-3H3. The van der Waals surface area contributed by atoms with Crippen molar-refractivity contribution >= 4 is 17.7 Å². The van der Waals surface area contributed by atoms with Crippen LogP contribution < -0.4 is 0 Å². The maximum atomic E-state index is 12.5. The van der Waals surface area contributed by atoms with E-state index < -0.39 is 11.8 Å². The van der Waals surface area contributed by atoms with Crippen LogP contribution in [0.5, 0.6) is 0 Å². The second-order valence-electron chi connectivity index (χ2n) is 6.12. The molecule has 7 heteroatoms. The van der Waals surface area contributed by atoms with E-state index in [4.69, 9.17) is 0 Å². The maximum absolute atomic E-state index is 12.5. The minimum Gasteiger partial charge on any atom is -0.466 e. The minimum absolute atomic E-state index is 0.0466. The molecule has 0 amide bonds. The number of carbonyl (C=O) groups is 1. The summed E-state index contributed by atoms with van der Waals surface area (Å²) < 4.78 is 41.7. The fourth-order valence-electron chi connectivity index (χ4n) is 2.76. The number of hydrogen-bond acceptors (Lipinski definition) is 4. The second kappa shape index (κ2) is 7.25. The average molecular weight is 340 g/mol. The van der Waals surface area contributed by atoms with Crippen LogP contribution in [0.4, 0.5) is 13.2 Å². The van der Waals surface area contributed by atoms with Gasteiger partial charge in [0, 0.05) is 16.1 Å². The molecule has 0 aromatic carbocycles. The summed E-state index contributed by atoms with van der Waals surface area (Å²) in [4.78, 5) is 10.2. The molecule has 22 heavy (non-hydrogen) atoms. The third kappa shape index (κ3) is 4.91. The number of carbonyl (C=O) groups excluding carboxylic acids is 1. The van der Waals surface area contributed by atoms with Gasteiger partial charge in [-0.2, -0.15) is 24.9 Å². The molecular formula is C15H23F3O3S.